The third kappa shape index (κ3) is 3.46. The van der Waals surface area contributed by atoms with Crippen molar-refractivity contribution in [2.24, 2.45) is 0 Å². The fraction of sp³-hybridized carbons (Fsp3) is 0.0645. The smallest absolute Gasteiger partial charge is 0.126 e. The Hall–Kier alpha value is -3.95. The van der Waals surface area contributed by atoms with Gasteiger partial charge in [-0.1, -0.05) is 78.4 Å². The zero-order valence-corrected chi connectivity index (χ0v) is 20.0. The number of anilines is 1. The van der Waals surface area contributed by atoms with Gasteiger partial charge in [-0.3, -0.25) is 0 Å². The molecule has 6 aromatic rings. The second-order valence-corrected chi connectivity index (χ2v) is 9.85. The van der Waals surface area contributed by atoms with Gasteiger partial charge in [-0.2, -0.15) is 0 Å². The summed E-state index contributed by atoms with van der Waals surface area (Å²) in [6.45, 7) is 4.33. The zero-order valence-electron chi connectivity index (χ0n) is 19.2. The average molecular weight is 457 g/mol. The van der Waals surface area contributed by atoms with E-state index in [4.69, 9.17) is 10.7 Å². The Kier molecular flexibility index (Phi) is 4.93. The molecule has 34 heavy (non-hydrogen) atoms. The lowest BCUT2D eigenvalue weighted by atomic mass is 9.92. The van der Waals surface area contributed by atoms with Crippen molar-refractivity contribution in [3.05, 3.63) is 108 Å². The molecule has 2 nitrogen and oxygen atoms in total. The zero-order chi connectivity index (χ0) is 23.2. The van der Waals surface area contributed by atoms with E-state index in [1.807, 2.05) is 18.2 Å². The van der Waals surface area contributed by atoms with Crippen molar-refractivity contribution in [3.63, 3.8) is 0 Å². The molecular weight excluding hydrogens is 432 g/mol. The van der Waals surface area contributed by atoms with Crippen molar-refractivity contribution in [1.82, 2.24) is 4.98 Å². The number of nitrogen functional groups attached to an aromatic ring is 1. The summed E-state index contributed by atoms with van der Waals surface area (Å²) in [6, 6.07) is 34.3. The molecule has 0 aliphatic heterocycles. The molecule has 1 aromatic heterocycles. The van der Waals surface area contributed by atoms with E-state index in [2.05, 4.69) is 92.7 Å². The van der Waals surface area contributed by atoms with Crippen LogP contribution in [0.5, 0.6) is 0 Å². The van der Waals surface area contributed by atoms with Crippen molar-refractivity contribution >= 4 is 38.0 Å². The second kappa shape index (κ2) is 8.12. The minimum absolute atomic E-state index is 0.753. The highest BCUT2D eigenvalue weighted by Crippen LogP contribution is 2.42. The molecule has 6 rings (SSSR count). The van der Waals surface area contributed by atoms with Crippen molar-refractivity contribution < 1.29 is 0 Å². The minimum atomic E-state index is 0.753. The number of aromatic nitrogens is 1. The first-order valence-corrected chi connectivity index (χ1v) is 12.3. The molecule has 0 fully saturated rings. The summed E-state index contributed by atoms with van der Waals surface area (Å²) in [4.78, 5) is 5.14. The highest BCUT2D eigenvalue weighted by molar-refractivity contribution is 7.21. The van der Waals surface area contributed by atoms with Gasteiger partial charge in [-0.15, -0.1) is 11.3 Å². The van der Waals surface area contributed by atoms with Crippen LogP contribution in [-0.2, 0) is 0 Å². The lowest BCUT2D eigenvalue weighted by Gasteiger charge is -2.12. The van der Waals surface area contributed by atoms with Gasteiger partial charge in [0, 0.05) is 16.8 Å². The molecule has 164 valence electrons. The molecule has 5 aromatic carbocycles. The van der Waals surface area contributed by atoms with Crippen LogP contribution < -0.4 is 5.73 Å². The van der Waals surface area contributed by atoms with Crippen LogP contribution in [0.2, 0.25) is 0 Å². The molecule has 0 bridgehead atoms. The van der Waals surface area contributed by atoms with Crippen LogP contribution in [0, 0.1) is 13.8 Å². The van der Waals surface area contributed by atoms with E-state index in [9.17, 15) is 0 Å². The van der Waals surface area contributed by atoms with Crippen LogP contribution in [0.15, 0.2) is 97.1 Å². The predicted octanol–water partition coefficient (Wildman–Crippen LogP) is 8.65. The number of nitrogens with zero attached hydrogens (tertiary/aromatic N) is 1. The van der Waals surface area contributed by atoms with Crippen molar-refractivity contribution in [3.8, 4) is 32.8 Å². The highest BCUT2D eigenvalue weighted by Gasteiger charge is 2.17. The van der Waals surface area contributed by atoms with Gasteiger partial charge in [0.1, 0.15) is 5.01 Å². The molecule has 0 saturated carbocycles. The molecule has 2 N–H and O–H groups in total. The maximum absolute atomic E-state index is 6.32. The van der Waals surface area contributed by atoms with E-state index < -0.39 is 0 Å². The quantitative estimate of drug-likeness (QED) is 0.271. The van der Waals surface area contributed by atoms with Gasteiger partial charge in [-0.25, -0.2) is 4.98 Å². The van der Waals surface area contributed by atoms with E-state index in [0.29, 0.717) is 0 Å². The summed E-state index contributed by atoms with van der Waals surface area (Å²) in [5.41, 5.74) is 16.4. The molecule has 1 heterocycles. The maximum Gasteiger partial charge on any atom is 0.126 e. The Morgan fingerprint density at radius 2 is 1.44 bits per heavy atom. The summed E-state index contributed by atoms with van der Waals surface area (Å²) >= 11 is 1.71. The lowest BCUT2D eigenvalue weighted by Crippen LogP contribution is -1.90. The third-order valence-electron chi connectivity index (χ3n) is 6.47. The summed E-state index contributed by atoms with van der Waals surface area (Å²) in [5, 5.41) is 3.42. The number of thiazole rings is 1. The molecule has 0 atom stereocenters. The van der Waals surface area contributed by atoms with Crippen molar-refractivity contribution in [1.29, 1.82) is 0 Å². The fourth-order valence-corrected chi connectivity index (χ4v) is 5.78. The van der Waals surface area contributed by atoms with Crippen LogP contribution in [0.25, 0.3) is 53.8 Å². The number of aryl methyl sites for hydroxylation is 2. The Morgan fingerprint density at radius 1 is 0.676 bits per heavy atom. The third-order valence-corrected chi connectivity index (χ3v) is 7.51. The largest absolute Gasteiger partial charge is 0.398 e. The van der Waals surface area contributed by atoms with Crippen molar-refractivity contribution in [2.75, 3.05) is 5.73 Å². The molecule has 3 heteroatoms. The Labute approximate surface area is 203 Å². The van der Waals surface area contributed by atoms with Crippen molar-refractivity contribution in [2.45, 2.75) is 13.8 Å². The lowest BCUT2D eigenvalue weighted by molar-refractivity contribution is 1.39. The van der Waals surface area contributed by atoms with E-state index in [1.54, 1.807) is 11.3 Å². The molecule has 0 aliphatic rings. The van der Waals surface area contributed by atoms with Crippen LogP contribution in [0.1, 0.15) is 11.1 Å². The molecule has 0 amide bonds. The number of hydrogen-bond acceptors (Lipinski definition) is 3. The molecule has 0 unspecified atom stereocenters. The van der Waals surface area contributed by atoms with Crippen LogP contribution >= 0.6 is 11.3 Å². The normalized spacial score (nSPS) is 11.4. The number of benzene rings is 5. The summed E-state index contributed by atoms with van der Waals surface area (Å²) < 4.78 is 1.17. The molecule has 0 saturated heterocycles. The molecule has 0 aliphatic carbocycles. The van der Waals surface area contributed by atoms with Gasteiger partial charge in [0.05, 0.1) is 10.2 Å². The van der Waals surface area contributed by atoms with Gasteiger partial charge in [0.15, 0.2) is 0 Å². The number of fused-ring (bicyclic) bond motifs is 2. The van der Waals surface area contributed by atoms with Gasteiger partial charge in [0.2, 0.25) is 0 Å². The summed E-state index contributed by atoms with van der Waals surface area (Å²) in [5.74, 6) is 0. The summed E-state index contributed by atoms with van der Waals surface area (Å²) in [7, 11) is 0. The van der Waals surface area contributed by atoms with E-state index >= 15 is 0 Å². The molecular formula is C31H24N2S. The Bertz CT molecular complexity index is 1690. The minimum Gasteiger partial charge on any atom is -0.398 e. The molecule has 0 radical (unpaired) electrons. The number of para-hydroxylation sites is 1. The topological polar surface area (TPSA) is 38.9 Å². The highest BCUT2D eigenvalue weighted by atomic mass is 32.1. The standard InChI is InChI=1S/C31H24N2S/c1-19-14-15-20(2)26(16-19)22-17-27(24-12-7-9-21-8-3-4-10-23(21)24)30-29(18-22)34-31(33-30)25-11-5-6-13-28(25)32/h3-18H,32H2,1-2H3. The first-order valence-electron chi connectivity index (χ1n) is 11.4. The Morgan fingerprint density at radius 3 is 2.32 bits per heavy atom. The monoisotopic (exact) mass is 456 g/mol. The van der Waals surface area contributed by atoms with Gasteiger partial charge in [0.25, 0.3) is 0 Å². The fourth-order valence-electron chi connectivity index (χ4n) is 4.70. The second-order valence-electron chi connectivity index (χ2n) is 8.82. The number of hydrogen-bond donors (Lipinski definition) is 1. The predicted molar refractivity (Wildman–Crippen MR) is 147 cm³/mol. The van der Waals surface area contributed by atoms with E-state index in [0.717, 1.165) is 27.3 Å². The first-order chi connectivity index (χ1) is 16.6. The first kappa shape index (κ1) is 20.6. The average Bonchev–Trinajstić information content (AvgIpc) is 3.29. The maximum atomic E-state index is 6.32. The SMILES string of the molecule is Cc1ccc(C)c(-c2cc(-c3cccc4ccccc34)c3nc(-c4ccccc4N)sc3c2)c1. The summed E-state index contributed by atoms with van der Waals surface area (Å²) in [6.07, 6.45) is 0. The van der Waals surface area contributed by atoms with Gasteiger partial charge < -0.3 is 5.73 Å². The Balaban J connectivity index is 1.69. The van der Waals surface area contributed by atoms with Crippen LogP contribution in [-0.4, -0.2) is 4.98 Å². The van der Waals surface area contributed by atoms with Crippen LogP contribution in [0.3, 0.4) is 0 Å². The molecule has 0 spiro atoms. The van der Waals surface area contributed by atoms with Gasteiger partial charge in [-0.05, 0) is 71.1 Å². The van der Waals surface area contributed by atoms with E-state index in [-0.39, 0.29) is 0 Å². The number of rotatable bonds is 3. The van der Waals surface area contributed by atoms with Gasteiger partial charge >= 0.3 is 0 Å². The number of nitrogens with two attached hydrogens (primary N) is 1. The van der Waals surface area contributed by atoms with E-state index in [1.165, 1.54) is 43.3 Å². The van der Waals surface area contributed by atoms with Crippen LogP contribution in [0.4, 0.5) is 5.69 Å².